The molecule has 29 heavy (non-hydrogen) atoms. The maximum Gasteiger partial charge on any atom is 0.460 e. The predicted octanol–water partition coefficient (Wildman–Crippen LogP) is 5.33. The summed E-state index contributed by atoms with van der Waals surface area (Å²) in [5.74, 6) is -56.9. The molecule has 0 spiro atoms. The SMILES string of the molecule is O=C=NCC(F)(F)C(F)(F)C(F)(F)C(F)(F)C(F)(F)C(F)(F)C(F)(F)C(F)(F)F. The van der Waals surface area contributed by atoms with Crippen LogP contribution < -0.4 is 0 Å². The molecule has 2 nitrogen and oxygen atoms in total. The van der Waals surface area contributed by atoms with Crippen LogP contribution in [0, 0.1) is 0 Å². The first-order chi connectivity index (χ1) is 12.3. The van der Waals surface area contributed by atoms with Gasteiger partial charge in [0.25, 0.3) is 0 Å². The Morgan fingerprint density at radius 1 is 0.483 bits per heavy atom. The average Bonchev–Trinajstić information content (AvgIpc) is 2.50. The molecule has 0 aliphatic heterocycles. The van der Waals surface area contributed by atoms with Crippen molar-refractivity contribution >= 4 is 6.08 Å². The first-order valence-electron chi connectivity index (χ1n) is 6.06. The number of carbonyl (C=O) groups excluding carboxylic acids is 1. The summed E-state index contributed by atoms with van der Waals surface area (Å²) in [6.07, 6.45) is -7.78. The topological polar surface area (TPSA) is 29.4 Å². The van der Waals surface area contributed by atoms with Gasteiger partial charge in [0.05, 0.1) is 0 Å². The molecule has 0 heterocycles. The van der Waals surface area contributed by atoms with Crippen LogP contribution in [0.5, 0.6) is 0 Å². The van der Waals surface area contributed by atoms with E-state index in [2.05, 4.69) is 0 Å². The van der Waals surface area contributed by atoms with Crippen molar-refractivity contribution in [2.75, 3.05) is 6.54 Å². The zero-order valence-corrected chi connectivity index (χ0v) is 12.5. The Hall–Kier alpha value is -1.81. The third-order valence-electron chi connectivity index (χ3n) is 3.13. The molecule has 172 valence electrons. The molecule has 0 aromatic heterocycles. The molecule has 0 fully saturated rings. The Kier molecular flexibility index (Phi) is 6.44. The van der Waals surface area contributed by atoms with Gasteiger partial charge < -0.3 is 0 Å². The molecule has 0 aliphatic carbocycles. The highest BCUT2D eigenvalue weighted by molar-refractivity contribution is 5.33. The summed E-state index contributed by atoms with van der Waals surface area (Å²) >= 11 is 0. The van der Waals surface area contributed by atoms with Crippen molar-refractivity contribution in [1.82, 2.24) is 0 Å². The molecule has 0 aromatic carbocycles. The maximum atomic E-state index is 13.2. The van der Waals surface area contributed by atoms with Crippen LogP contribution in [-0.4, -0.2) is 60.3 Å². The van der Waals surface area contributed by atoms with Crippen LogP contribution in [0.25, 0.3) is 0 Å². The Labute approximate surface area is 146 Å². The first-order valence-corrected chi connectivity index (χ1v) is 6.06. The van der Waals surface area contributed by atoms with Gasteiger partial charge >= 0.3 is 47.6 Å². The molecule has 0 aliphatic rings. The van der Waals surface area contributed by atoms with E-state index in [0.717, 1.165) is 0 Å². The van der Waals surface area contributed by atoms with Crippen molar-refractivity contribution < 1.29 is 79.4 Å². The van der Waals surface area contributed by atoms with Gasteiger partial charge in [0.1, 0.15) is 6.54 Å². The van der Waals surface area contributed by atoms with E-state index >= 15 is 0 Å². The molecular weight excluding hydrogens is 473 g/mol. The number of halogens is 17. The summed E-state index contributed by atoms with van der Waals surface area (Å²) in [5.41, 5.74) is 0. The predicted molar refractivity (Wildman–Crippen MR) is 53.7 cm³/mol. The molecule has 0 saturated heterocycles. The van der Waals surface area contributed by atoms with Crippen molar-refractivity contribution in [2.45, 2.75) is 47.6 Å². The summed E-state index contributed by atoms with van der Waals surface area (Å²) in [6, 6.07) is 0. The molecule has 0 rings (SSSR count). The maximum absolute atomic E-state index is 13.2. The lowest BCUT2D eigenvalue weighted by Crippen LogP contribution is -2.74. The van der Waals surface area contributed by atoms with Crippen LogP contribution in [-0.2, 0) is 4.79 Å². The van der Waals surface area contributed by atoms with Crippen LogP contribution in [0.2, 0.25) is 0 Å². The van der Waals surface area contributed by atoms with Crippen molar-refractivity contribution in [1.29, 1.82) is 0 Å². The van der Waals surface area contributed by atoms with Gasteiger partial charge in [-0.2, -0.15) is 79.6 Å². The first kappa shape index (κ1) is 27.2. The fourth-order valence-electron chi connectivity index (χ4n) is 1.43. The van der Waals surface area contributed by atoms with Crippen LogP contribution in [0.3, 0.4) is 0 Å². The Bertz CT molecular complexity index is 656. The van der Waals surface area contributed by atoms with Crippen LogP contribution in [0.1, 0.15) is 0 Å². The fourth-order valence-corrected chi connectivity index (χ4v) is 1.43. The van der Waals surface area contributed by atoms with E-state index in [1.807, 2.05) is 0 Å². The minimum Gasteiger partial charge on any atom is -0.211 e. The summed E-state index contributed by atoms with van der Waals surface area (Å²) < 4.78 is 217. The van der Waals surface area contributed by atoms with Crippen molar-refractivity contribution in [3.63, 3.8) is 0 Å². The van der Waals surface area contributed by atoms with Crippen LogP contribution in [0.15, 0.2) is 4.99 Å². The van der Waals surface area contributed by atoms with Crippen molar-refractivity contribution in [3.05, 3.63) is 0 Å². The largest absolute Gasteiger partial charge is 0.460 e. The Morgan fingerprint density at radius 2 is 0.759 bits per heavy atom. The molecule has 0 amide bonds. The van der Waals surface area contributed by atoms with E-state index in [0.29, 0.717) is 0 Å². The second-order valence-electron chi connectivity index (χ2n) is 5.06. The molecular formula is C10H2F17NO. The zero-order chi connectivity index (χ0) is 24.1. The number of alkyl halides is 17. The Balaban J connectivity index is 6.68. The quantitative estimate of drug-likeness (QED) is 0.265. The number of hydrogen-bond acceptors (Lipinski definition) is 2. The third-order valence-corrected chi connectivity index (χ3v) is 3.13. The lowest BCUT2D eigenvalue weighted by molar-refractivity contribution is -0.461. The molecule has 0 unspecified atom stereocenters. The average molecular weight is 475 g/mol. The summed E-state index contributed by atoms with van der Waals surface area (Å²) in [4.78, 5) is 11.1. The molecule has 0 bridgehead atoms. The summed E-state index contributed by atoms with van der Waals surface area (Å²) in [5, 5.41) is 0. The van der Waals surface area contributed by atoms with Gasteiger partial charge in [-0.25, -0.2) is 4.79 Å². The number of rotatable bonds is 8. The molecule has 0 atom stereocenters. The van der Waals surface area contributed by atoms with Crippen molar-refractivity contribution in [2.24, 2.45) is 4.99 Å². The van der Waals surface area contributed by atoms with Gasteiger partial charge in [0.15, 0.2) is 0 Å². The van der Waals surface area contributed by atoms with Gasteiger partial charge in [-0.1, -0.05) is 0 Å². The number of isocyanates is 1. The van der Waals surface area contributed by atoms with E-state index in [-0.39, 0.29) is 6.08 Å². The molecule has 19 heteroatoms. The Morgan fingerprint density at radius 3 is 1.03 bits per heavy atom. The molecule has 0 N–H and O–H groups in total. The monoisotopic (exact) mass is 475 g/mol. The third kappa shape index (κ3) is 3.50. The zero-order valence-electron chi connectivity index (χ0n) is 12.5. The normalized spacial score (nSPS) is 15.9. The van der Waals surface area contributed by atoms with E-state index < -0.39 is 54.2 Å². The lowest BCUT2D eigenvalue weighted by Gasteiger charge is -2.42. The minimum absolute atomic E-state index is 0.0140. The van der Waals surface area contributed by atoms with Crippen LogP contribution >= 0.6 is 0 Å². The minimum atomic E-state index is -8.67. The highest BCUT2D eigenvalue weighted by Gasteiger charge is 2.95. The summed E-state index contributed by atoms with van der Waals surface area (Å²) in [7, 11) is 0. The van der Waals surface area contributed by atoms with Gasteiger partial charge in [-0.15, -0.1) is 0 Å². The van der Waals surface area contributed by atoms with E-state index in [4.69, 9.17) is 0 Å². The highest BCUT2D eigenvalue weighted by atomic mass is 19.4. The van der Waals surface area contributed by atoms with Gasteiger partial charge in [0.2, 0.25) is 6.08 Å². The second-order valence-corrected chi connectivity index (χ2v) is 5.06. The van der Waals surface area contributed by atoms with Crippen LogP contribution in [0.4, 0.5) is 74.6 Å². The molecule has 0 aromatic rings. The van der Waals surface area contributed by atoms with E-state index in [1.165, 1.54) is 0 Å². The lowest BCUT2D eigenvalue weighted by atomic mass is 9.89. The number of nitrogens with zero attached hydrogens (tertiary/aromatic N) is 1. The molecule has 0 saturated carbocycles. The highest BCUT2D eigenvalue weighted by Crippen LogP contribution is 2.63. The van der Waals surface area contributed by atoms with Gasteiger partial charge in [-0.05, 0) is 0 Å². The molecule has 0 radical (unpaired) electrons. The van der Waals surface area contributed by atoms with Gasteiger partial charge in [0, 0.05) is 0 Å². The van der Waals surface area contributed by atoms with Gasteiger partial charge in [-0.3, -0.25) is 0 Å². The fraction of sp³-hybridized carbons (Fsp3) is 0.900. The van der Waals surface area contributed by atoms with Crippen molar-refractivity contribution in [3.8, 4) is 0 Å². The second kappa shape index (κ2) is 6.87. The van der Waals surface area contributed by atoms with E-state index in [9.17, 15) is 79.4 Å². The number of aliphatic imine (C=N–C) groups is 1. The number of hydrogen-bond donors (Lipinski definition) is 0. The summed E-state index contributed by atoms with van der Waals surface area (Å²) in [6.45, 7) is -3.16. The van der Waals surface area contributed by atoms with E-state index in [1.54, 1.807) is 4.99 Å². The smallest absolute Gasteiger partial charge is 0.211 e. The standard InChI is InChI=1S/C10H2F17NO/c11-3(12,1-28-2-29)4(13,14)5(15,16)6(17,18)7(19,20)8(21,22)9(23,24)10(25,26)27/h1H2.